The van der Waals surface area contributed by atoms with Gasteiger partial charge in [0.15, 0.2) is 0 Å². The fourth-order valence-electron chi connectivity index (χ4n) is 0.899. The molecule has 0 aliphatic carbocycles. The fourth-order valence-corrected chi connectivity index (χ4v) is 1.19. The van der Waals surface area contributed by atoms with Crippen LogP contribution in [0.3, 0.4) is 0 Å². The maximum Gasteiger partial charge on any atom is 0.236 e. The van der Waals surface area contributed by atoms with Gasteiger partial charge in [-0.1, -0.05) is 28.8 Å². The molecule has 0 aromatic heterocycles. The molecule has 0 rings (SSSR count). The van der Waals surface area contributed by atoms with Crippen LogP contribution in [0.4, 0.5) is 0 Å². The summed E-state index contributed by atoms with van der Waals surface area (Å²) in [5, 5.41) is 0. The maximum atomic E-state index is 11.4. The largest absolute Gasteiger partial charge is 0.331 e. The molecule has 0 saturated carbocycles. The Hall–Kier alpha value is -0.490. The Balaban J connectivity index is 4.11. The smallest absolute Gasteiger partial charge is 0.236 e. The predicted molar refractivity (Wildman–Crippen MR) is 54.1 cm³/mol. The molecule has 0 N–H and O–H groups in total. The van der Waals surface area contributed by atoms with Gasteiger partial charge in [-0.05, 0) is 13.3 Å². The summed E-state index contributed by atoms with van der Waals surface area (Å²) in [4.78, 5) is 12.9. The molecule has 12 heavy (non-hydrogen) atoms. The molecule has 0 aliphatic heterocycles. The molecule has 1 atom stereocenters. The summed E-state index contributed by atoms with van der Waals surface area (Å²) in [6, 6.07) is 0. The Morgan fingerprint density at radius 2 is 2.33 bits per heavy atom. The van der Waals surface area contributed by atoms with Gasteiger partial charge < -0.3 is 4.90 Å². The van der Waals surface area contributed by atoms with Crippen LogP contribution in [-0.4, -0.2) is 28.7 Å². The summed E-state index contributed by atoms with van der Waals surface area (Å²) in [5.41, 5.74) is 0. The first-order valence-corrected chi connectivity index (χ1v) is 4.91. The van der Waals surface area contributed by atoms with Gasteiger partial charge in [-0.25, -0.2) is 0 Å². The average molecular weight is 232 g/mol. The molecule has 3 heteroatoms. The van der Waals surface area contributed by atoms with Crippen LogP contribution in [0.1, 0.15) is 20.3 Å². The molecule has 1 amide bonds. The average Bonchev–Trinajstić information content (AvgIpc) is 2.03. The highest BCUT2D eigenvalue weighted by Crippen LogP contribution is 2.04. The second-order valence-corrected chi connectivity index (χ2v) is 3.95. The first kappa shape index (κ1) is 11.5. The van der Waals surface area contributed by atoms with Crippen molar-refractivity contribution >= 4 is 21.8 Å². The van der Waals surface area contributed by atoms with E-state index >= 15 is 0 Å². The van der Waals surface area contributed by atoms with Crippen molar-refractivity contribution in [2.45, 2.75) is 25.1 Å². The van der Waals surface area contributed by atoms with E-state index in [2.05, 4.69) is 21.9 Å². The highest BCUT2D eigenvalue weighted by atomic mass is 79.9. The van der Waals surface area contributed by atoms with Gasteiger partial charge in [-0.3, -0.25) is 4.79 Å². The first-order chi connectivity index (χ1) is 5.63. The quantitative estimate of drug-likeness (QED) is 0.533. The van der Waals surface area contributed by atoms with Crippen LogP contribution in [0, 0.1) is 12.3 Å². The van der Waals surface area contributed by atoms with E-state index in [-0.39, 0.29) is 10.7 Å². The summed E-state index contributed by atoms with van der Waals surface area (Å²) >= 11 is 3.22. The van der Waals surface area contributed by atoms with Gasteiger partial charge in [0, 0.05) is 6.54 Å². The number of amides is 1. The van der Waals surface area contributed by atoms with E-state index in [0.29, 0.717) is 6.54 Å². The van der Waals surface area contributed by atoms with Crippen LogP contribution >= 0.6 is 15.9 Å². The van der Waals surface area contributed by atoms with E-state index in [1.807, 2.05) is 13.8 Å². The zero-order valence-electron chi connectivity index (χ0n) is 7.51. The van der Waals surface area contributed by atoms with Crippen molar-refractivity contribution in [3.8, 4) is 12.3 Å². The molecular formula is C9H14BrNO. The molecule has 0 heterocycles. The molecular weight excluding hydrogens is 218 g/mol. The zero-order chi connectivity index (χ0) is 9.56. The van der Waals surface area contributed by atoms with Crippen molar-refractivity contribution in [3.05, 3.63) is 0 Å². The van der Waals surface area contributed by atoms with Gasteiger partial charge in [-0.15, -0.1) is 6.42 Å². The maximum absolute atomic E-state index is 11.4. The summed E-state index contributed by atoms with van der Waals surface area (Å²) in [5.74, 6) is 2.54. The standard InChI is InChI=1S/C9H14BrNO/c1-4-6-11(7-5-2)9(12)8(3)10/h1,8H,5-7H2,2-3H3. The van der Waals surface area contributed by atoms with Crippen molar-refractivity contribution in [1.29, 1.82) is 0 Å². The SMILES string of the molecule is C#CCN(CCC)C(=O)C(C)Br. The second kappa shape index (κ2) is 6.07. The minimum absolute atomic E-state index is 0.0646. The Bertz CT molecular complexity index is 183. The van der Waals surface area contributed by atoms with Crippen LogP contribution in [0.15, 0.2) is 0 Å². The third kappa shape index (κ3) is 3.77. The number of carbonyl (C=O) groups excluding carboxylic acids is 1. The molecule has 0 bridgehead atoms. The first-order valence-electron chi connectivity index (χ1n) is 3.99. The summed E-state index contributed by atoms with van der Waals surface area (Å²) < 4.78 is 0. The van der Waals surface area contributed by atoms with E-state index in [9.17, 15) is 4.79 Å². The Kier molecular flexibility index (Phi) is 5.83. The number of hydrogen-bond donors (Lipinski definition) is 0. The molecule has 0 aromatic carbocycles. The van der Waals surface area contributed by atoms with Crippen molar-refractivity contribution in [2.24, 2.45) is 0 Å². The lowest BCUT2D eigenvalue weighted by molar-refractivity contribution is -0.129. The number of rotatable bonds is 4. The fraction of sp³-hybridized carbons (Fsp3) is 0.667. The van der Waals surface area contributed by atoms with Crippen molar-refractivity contribution in [3.63, 3.8) is 0 Å². The Morgan fingerprint density at radius 1 is 1.75 bits per heavy atom. The summed E-state index contributed by atoms with van der Waals surface area (Å²) in [7, 11) is 0. The zero-order valence-corrected chi connectivity index (χ0v) is 9.10. The van der Waals surface area contributed by atoms with Gasteiger partial charge in [0.05, 0.1) is 11.4 Å². The third-order valence-corrected chi connectivity index (χ3v) is 1.82. The summed E-state index contributed by atoms with van der Waals surface area (Å²) in [6.07, 6.45) is 6.08. The number of terminal acetylenes is 1. The van der Waals surface area contributed by atoms with Crippen LogP contribution in [0.2, 0.25) is 0 Å². The van der Waals surface area contributed by atoms with Crippen LogP contribution in [0.5, 0.6) is 0 Å². The van der Waals surface area contributed by atoms with E-state index < -0.39 is 0 Å². The minimum Gasteiger partial charge on any atom is -0.331 e. The molecule has 0 radical (unpaired) electrons. The van der Waals surface area contributed by atoms with Gasteiger partial charge in [0.2, 0.25) is 5.91 Å². The van der Waals surface area contributed by atoms with E-state index in [0.717, 1.165) is 13.0 Å². The topological polar surface area (TPSA) is 20.3 Å². The van der Waals surface area contributed by atoms with Crippen molar-refractivity contribution in [1.82, 2.24) is 4.90 Å². The van der Waals surface area contributed by atoms with E-state index in [1.54, 1.807) is 4.90 Å². The number of hydrogen-bond acceptors (Lipinski definition) is 1. The van der Waals surface area contributed by atoms with E-state index in [1.165, 1.54) is 0 Å². The molecule has 0 fully saturated rings. The van der Waals surface area contributed by atoms with Gasteiger partial charge in [-0.2, -0.15) is 0 Å². The minimum atomic E-state index is -0.141. The monoisotopic (exact) mass is 231 g/mol. The number of alkyl halides is 1. The van der Waals surface area contributed by atoms with Gasteiger partial charge >= 0.3 is 0 Å². The Labute approximate surface area is 82.4 Å². The van der Waals surface area contributed by atoms with Crippen molar-refractivity contribution in [2.75, 3.05) is 13.1 Å². The van der Waals surface area contributed by atoms with Gasteiger partial charge in [0.1, 0.15) is 0 Å². The Morgan fingerprint density at radius 3 is 2.67 bits per heavy atom. The lowest BCUT2D eigenvalue weighted by Crippen LogP contribution is -2.36. The van der Waals surface area contributed by atoms with Crippen LogP contribution in [-0.2, 0) is 4.79 Å². The lowest BCUT2D eigenvalue weighted by atomic mass is 10.3. The molecule has 0 aromatic rings. The summed E-state index contributed by atoms with van der Waals surface area (Å²) in [6.45, 7) is 4.97. The van der Waals surface area contributed by atoms with Gasteiger partial charge in [0.25, 0.3) is 0 Å². The molecule has 0 aliphatic rings. The molecule has 2 nitrogen and oxygen atoms in total. The normalized spacial score (nSPS) is 11.8. The third-order valence-electron chi connectivity index (χ3n) is 1.43. The molecule has 68 valence electrons. The number of carbonyl (C=O) groups is 1. The number of halogens is 1. The van der Waals surface area contributed by atoms with Crippen molar-refractivity contribution < 1.29 is 4.79 Å². The van der Waals surface area contributed by atoms with E-state index in [4.69, 9.17) is 6.42 Å². The number of nitrogens with zero attached hydrogens (tertiary/aromatic N) is 1. The molecule has 1 unspecified atom stereocenters. The molecule has 0 saturated heterocycles. The highest BCUT2D eigenvalue weighted by molar-refractivity contribution is 9.10. The highest BCUT2D eigenvalue weighted by Gasteiger charge is 2.15. The second-order valence-electron chi connectivity index (χ2n) is 2.58. The predicted octanol–water partition coefficient (Wildman–Crippen LogP) is 1.64. The molecule has 0 spiro atoms. The van der Waals surface area contributed by atoms with Crippen LogP contribution in [0.25, 0.3) is 0 Å². The lowest BCUT2D eigenvalue weighted by Gasteiger charge is -2.20. The van der Waals surface area contributed by atoms with Crippen LogP contribution < -0.4 is 0 Å².